The van der Waals surface area contributed by atoms with Crippen molar-refractivity contribution in [2.45, 2.75) is 57.1 Å². The van der Waals surface area contributed by atoms with Crippen LogP contribution >= 0.6 is 0 Å². The third-order valence-corrected chi connectivity index (χ3v) is 5.45. The fourth-order valence-electron chi connectivity index (χ4n) is 4.05. The Bertz CT molecular complexity index is 834. The van der Waals surface area contributed by atoms with E-state index in [4.69, 9.17) is 9.73 Å². The average molecular weight is 350 g/mol. The van der Waals surface area contributed by atoms with E-state index in [0.29, 0.717) is 19.1 Å². The lowest BCUT2D eigenvalue weighted by atomic mass is 9.95. The summed E-state index contributed by atoms with van der Waals surface area (Å²) in [7, 11) is 0. The van der Waals surface area contributed by atoms with Crippen LogP contribution in [0, 0.1) is 0 Å². The first-order valence-electron chi connectivity index (χ1n) is 9.75. The van der Waals surface area contributed by atoms with E-state index in [1.54, 1.807) is 4.57 Å². The van der Waals surface area contributed by atoms with Gasteiger partial charge in [-0.25, -0.2) is 0 Å². The smallest absolute Gasteiger partial charge is 0.235 e. The normalized spacial score (nSPS) is 21.4. The molecule has 0 unspecified atom stereocenters. The van der Waals surface area contributed by atoms with E-state index in [1.165, 1.54) is 24.8 Å². The first kappa shape index (κ1) is 17.2. The predicted octanol–water partition coefficient (Wildman–Crippen LogP) is 4.07. The van der Waals surface area contributed by atoms with Crippen molar-refractivity contribution >= 4 is 5.91 Å². The number of rotatable bonds is 3. The molecule has 4 rings (SSSR count). The van der Waals surface area contributed by atoms with E-state index in [0.717, 1.165) is 30.3 Å². The van der Waals surface area contributed by atoms with Gasteiger partial charge in [-0.15, -0.1) is 0 Å². The lowest BCUT2D eigenvalue weighted by molar-refractivity contribution is 0.0320. The molecule has 0 spiro atoms. The van der Waals surface area contributed by atoms with Crippen LogP contribution in [-0.4, -0.2) is 23.1 Å². The number of aromatic nitrogens is 1. The molecule has 4 heteroatoms. The van der Waals surface area contributed by atoms with Gasteiger partial charge in [-0.3, -0.25) is 14.4 Å². The number of hydrogen-bond donors (Lipinski definition) is 0. The summed E-state index contributed by atoms with van der Waals surface area (Å²) in [6.45, 7) is 0.674. The maximum atomic E-state index is 13.0. The highest BCUT2D eigenvalue weighted by atomic mass is 16.5. The molecule has 2 aromatic rings. The fraction of sp³-hybridized carbons (Fsp3) is 0.455. The van der Waals surface area contributed by atoms with E-state index in [-0.39, 0.29) is 12.0 Å². The molecule has 0 amide bonds. The molecular formula is C22H26N2O2. The lowest BCUT2D eigenvalue weighted by Crippen LogP contribution is -2.30. The zero-order chi connectivity index (χ0) is 17.8. The highest BCUT2D eigenvalue weighted by Gasteiger charge is 2.24. The average Bonchev–Trinajstić information content (AvgIpc) is 2.69. The van der Waals surface area contributed by atoms with Crippen molar-refractivity contribution in [2.75, 3.05) is 6.61 Å². The highest BCUT2D eigenvalue weighted by molar-refractivity contribution is 5.79. The molecular weight excluding hydrogens is 324 g/mol. The van der Waals surface area contributed by atoms with E-state index in [9.17, 15) is 4.79 Å². The third-order valence-electron chi connectivity index (χ3n) is 5.45. The molecule has 136 valence electrons. The standard InChI is InChI=1S/C22H26N2O2/c25-22(16-20-19-11-5-4-8-17(19)13-15-26-20)24-14-7-6-12-21(24)23-18-9-2-1-3-10-18/h4-8,11-12,14,18,20H,1-3,9-10,13,15-16H2/t20-/m0/s1. The van der Waals surface area contributed by atoms with Crippen molar-refractivity contribution < 1.29 is 9.53 Å². The number of benzene rings is 1. The zero-order valence-corrected chi connectivity index (χ0v) is 15.1. The van der Waals surface area contributed by atoms with E-state index in [2.05, 4.69) is 18.2 Å². The Kier molecular flexibility index (Phi) is 5.30. The van der Waals surface area contributed by atoms with Crippen LogP contribution in [-0.2, 0) is 11.2 Å². The van der Waals surface area contributed by atoms with Gasteiger partial charge in [0.1, 0.15) is 5.49 Å². The van der Waals surface area contributed by atoms with Crippen molar-refractivity contribution in [1.82, 2.24) is 4.57 Å². The maximum Gasteiger partial charge on any atom is 0.235 e. The largest absolute Gasteiger partial charge is 0.373 e. The Balaban J connectivity index is 1.57. The van der Waals surface area contributed by atoms with Crippen LogP contribution in [0.4, 0.5) is 0 Å². The van der Waals surface area contributed by atoms with Gasteiger partial charge in [0.05, 0.1) is 25.2 Å². The molecule has 0 N–H and O–H groups in total. The van der Waals surface area contributed by atoms with Gasteiger partial charge in [-0.05, 0) is 42.5 Å². The number of pyridine rings is 1. The maximum absolute atomic E-state index is 13.0. The molecule has 1 aliphatic carbocycles. The summed E-state index contributed by atoms with van der Waals surface area (Å²) in [5.74, 6) is 0.0434. The van der Waals surface area contributed by atoms with Crippen molar-refractivity contribution in [1.29, 1.82) is 0 Å². The quantitative estimate of drug-likeness (QED) is 0.838. The second kappa shape index (κ2) is 8.00. The summed E-state index contributed by atoms with van der Waals surface area (Å²) < 4.78 is 7.63. The second-order valence-electron chi connectivity index (χ2n) is 7.26. The van der Waals surface area contributed by atoms with E-state index >= 15 is 0 Å². The van der Waals surface area contributed by atoms with Gasteiger partial charge in [0.25, 0.3) is 0 Å². The number of hydrogen-bond acceptors (Lipinski definition) is 3. The Labute approximate surface area is 154 Å². The summed E-state index contributed by atoms with van der Waals surface area (Å²) in [6.07, 6.45) is 8.97. The first-order valence-corrected chi connectivity index (χ1v) is 9.75. The minimum atomic E-state index is -0.164. The number of fused-ring (bicyclic) bond motifs is 1. The van der Waals surface area contributed by atoms with E-state index < -0.39 is 0 Å². The van der Waals surface area contributed by atoms with Crippen LogP contribution < -0.4 is 5.49 Å². The zero-order valence-electron chi connectivity index (χ0n) is 15.1. The van der Waals surface area contributed by atoms with Gasteiger partial charge >= 0.3 is 0 Å². The van der Waals surface area contributed by atoms with Crippen LogP contribution in [0.2, 0.25) is 0 Å². The molecule has 2 aliphatic rings. The van der Waals surface area contributed by atoms with Crippen molar-refractivity contribution in [3.8, 4) is 0 Å². The van der Waals surface area contributed by atoms with Crippen molar-refractivity contribution in [2.24, 2.45) is 4.99 Å². The summed E-state index contributed by atoms with van der Waals surface area (Å²) >= 11 is 0. The Morgan fingerprint density at radius 2 is 1.88 bits per heavy atom. The molecule has 1 atom stereocenters. The number of carbonyl (C=O) groups excluding carboxylic acids is 1. The minimum absolute atomic E-state index is 0.0434. The van der Waals surface area contributed by atoms with Gasteiger partial charge in [-0.1, -0.05) is 49.6 Å². The van der Waals surface area contributed by atoms with Gasteiger partial charge in [0.15, 0.2) is 0 Å². The Morgan fingerprint density at radius 3 is 2.77 bits per heavy atom. The monoisotopic (exact) mass is 350 g/mol. The van der Waals surface area contributed by atoms with Gasteiger partial charge in [-0.2, -0.15) is 0 Å². The molecule has 4 nitrogen and oxygen atoms in total. The predicted molar refractivity (Wildman–Crippen MR) is 101 cm³/mol. The topological polar surface area (TPSA) is 43.6 Å². The molecule has 26 heavy (non-hydrogen) atoms. The Morgan fingerprint density at radius 1 is 1.08 bits per heavy atom. The molecule has 1 aromatic carbocycles. The van der Waals surface area contributed by atoms with Crippen molar-refractivity contribution in [3.05, 3.63) is 65.3 Å². The number of nitrogens with zero attached hydrogens (tertiary/aromatic N) is 2. The summed E-state index contributed by atoms with van der Waals surface area (Å²) in [4.78, 5) is 17.9. The van der Waals surface area contributed by atoms with Gasteiger partial charge in [0.2, 0.25) is 5.91 Å². The molecule has 1 saturated carbocycles. The molecule has 1 aromatic heterocycles. The summed E-state index contributed by atoms with van der Waals surface area (Å²) in [5.41, 5.74) is 3.21. The molecule has 2 heterocycles. The fourth-order valence-corrected chi connectivity index (χ4v) is 4.05. The number of ether oxygens (including phenoxy) is 1. The number of carbonyl (C=O) groups is 1. The molecule has 1 aliphatic heterocycles. The van der Waals surface area contributed by atoms with Crippen LogP contribution in [0.25, 0.3) is 0 Å². The van der Waals surface area contributed by atoms with Crippen molar-refractivity contribution in [3.63, 3.8) is 0 Å². The van der Waals surface area contributed by atoms with Crippen LogP contribution in [0.5, 0.6) is 0 Å². The summed E-state index contributed by atoms with van der Waals surface area (Å²) in [6, 6.07) is 14.4. The Hall–Kier alpha value is -2.20. The van der Waals surface area contributed by atoms with Crippen LogP contribution in [0.3, 0.4) is 0 Å². The second-order valence-corrected chi connectivity index (χ2v) is 7.26. The summed E-state index contributed by atoms with van der Waals surface area (Å²) in [5, 5.41) is 0. The van der Waals surface area contributed by atoms with Gasteiger partial charge < -0.3 is 4.74 Å². The third kappa shape index (κ3) is 3.80. The van der Waals surface area contributed by atoms with E-state index in [1.807, 2.05) is 30.5 Å². The SMILES string of the molecule is O=C(C[C@@H]1OCCc2ccccc21)n1ccccc1=NC1CCCCC1. The lowest BCUT2D eigenvalue weighted by Gasteiger charge is -2.25. The van der Waals surface area contributed by atoms with Crippen LogP contribution in [0.15, 0.2) is 53.7 Å². The first-order chi connectivity index (χ1) is 12.8. The molecule has 0 bridgehead atoms. The highest BCUT2D eigenvalue weighted by Crippen LogP contribution is 2.29. The molecule has 0 radical (unpaired) electrons. The molecule has 1 fully saturated rings. The molecule has 0 saturated heterocycles. The van der Waals surface area contributed by atoms with Gasteiger partial charge in [0, 0.05) is 6.20 Å². The minimum Gasteiger partial charge on any atom is -0.373 e. The van der Waals surface area contributed by atoms with Crippen LogP contribution in [0.1, 0.15) is 60.6 Å².